The first-order chi connectivity index (χ1) is 6.68. The standard InChI is InChI=1S/C11H22ClNO/c1-9(2)5-11(12)7-13-6-10-3-4-14-8-10/h9-11,13H,3-8H2,1-2H3. The Kier molecular flexibility index (Phi) is 5.83. The average molecular weight is 220 g/mol. The molecular formula is C11H22ClNO. The highest BCUT2D eigenvalue weighted by molar-refractivity contribution is 6.20. The summed E-state index contributed by atoms with van der Waals surface area (Å²) in [4.78, 5) is 0. The van der Waals surface area contributed by atoms with Gasteiger partial charge in [0.15, 0.2) is 0 Å². The summed E-state index contributed by atoms with van der Waals surface area (Å²) >= 11 is 6.17. The van der Waals surface area contributed by atoms with Crippen molar-refractivity contribution in [3.05, 3.63) is 0 Å². The fourth-order valence-corrected chi connectivity index (χ4v) is 2.25. The van der Waals surface area contributed by atoms with Crippen molar-refractivity contribution >= 4 is 11.6 Å². The van der Waals surface area contributed by atoms with Crippen LogP contribution in [0.3, 0.4) is 0 Å². The molecule has 3 heteroatoms. The zero-order valence-electron chi connectivity index (χ0n) is 9.26. The maximum absolute atomic E-state index is 6.17. The van der Waals surface area contributed by atoms with Crippen molar-refractivity contribution < 1.29 is 4.74 Å². The predicted molar refractivity (Wildman–Crippen MR) is 60.9 cm³/mol. The minimum absolute atomic E-state index is 0.275. The number of hydrogen-bond donors (Lipinski definition) is 1. The second-order valence-corrected chi connectivity index (χ2v) is 5.23. The fraction of sp³-hybridized carbons (Fsp3) is 1.00. The highest BCUT2D eigenvalue weighted by Crippen LogP contribution is 2.12. The van der Waals surface area contributed by atoms with E-state index in [1.54, 1.807) is 0 Å². The molecule has 2 unspecified atom stereocenters. The van der Waals surface area contributed by atoms with Gasteiger partial charge in [-0.25, -0.2) is 0 Å². The Hall–Kier alpha value is 0.210. The van der Waals surface area contributed by atoms with Crippen LogP contribution >= 0.6 is 11.6 Å². The van der Waals surface area contributed by atoms with Crippen LogP contribution in [0.2, 0.25) is 0 Å². The highest BCUT2D eigenvalue weighted by Gasteiger charge is 2.15. The lowest BCUT2D eigenvalue weighted by atomic mass is 10.1. The number of ether oxygens (including phenoxy) is 1. The number of halogens is 1. The number of alkyl halides is 1. The maximum atomic E-state index is 6.17. The summed E-state index contributed by atoms with van der Waals surface area (Å²) < 4.78 is 5.31. The smallest absolute Gasteiger partial charge is 0.0507 e. The van der Waals surface area contributed by atoms with Crippen molar-refractivity contribution in [2.24, 2.45) is 11.8 Å². The van der Waals surface area contributed by atoms with Crippen LogP contribution < -0.4 is 5.32 Å². The zero-order valence-corrected chi connectivity index (χ0v) is 10.0. The average Bonchev–Trinajstić information content (AvgIpc) is 2.55. The van der Waals surface area contributed by atoms with E-state index in [0.29, 0.717) is 11.8 Å². The van der Waals surface area contributed by atoms with Crippen LogP contribution in [-0.2, 0) is 4.74 Å². The van der Waals surface area contributed by atoms with E-state index >= 15 is 0 Å². The van der Waals surface area contributed by atoms with Crippen molar-refractivity contribution in [1.29, 1.82) is 0 Å². The van der Waals surface area contributed by atoms with Crippen molar-refractivity contribution in [2.45, 2.75) is 32.1 Å². The Morgan fingerprint density at radius 2 is 2.29 bits per heavy atom. The fourth-order valence-electron chi connectivity index (χ4n) is 1.78. The molecule has 0 aliphatic carbocycles. The summed E-state index contributed by atoms with van der Waals surface area (Å²) in [6.45, 7) is 8.25. The van der Waals surface area contributed by atoms with E-state index < -0.39 is 0 Å². The topological polar surface area (TPSA) is 21.3 Å². The van der Waals surface area contributed by atoms with Crippen LogP contribution in [0.5, 0.6) is 0 Å². The van der Waals surface area contributed by atoms with Gasteiger partial charge in [0.1, 0.15) is 0 Å². The molecule has 0 aromatic rings. The first kappa shape index (κ1) is 12.3. The van der Waals surface area contributed by atoms with Crippen molar-refractivity contribution in [3.8, 4) is 0 Å². The van der Waals surface area contributed by atoms with Crippen molar-refractivity contribution in [3.63, 3.8) is 0 Å². The molecule has 0 radical (unpaired) electrons. The molecule has 0 aromatic carbocycles. The van der Waals surface area contributed by atoms with Crippen LogP contribution in [0.4, 0.5) is 0 Å². The first-order valence-electron chi connectivity index (χ1n) is 5.61. The molecule has 1 aliphatic rings. The monoisotopic (exact) mass is 219 g/mol. The summed E-state index contributed by atoms with van der Waals surface area (Å²) in [6, 6.07) is 0. The van der Waals surface area contributed by atoms with Gasteiger partial charge in [-0.3, -0.25) is 0 Å². The Balaban J connectivity index is 1.96. The molecule has 14 heavy (non-hydrogen) atoms. The number of hydrogen-bond acceptors (Lipinski definition) is 2. The van der Waals surface area contributed by atoms with E-state index in [1.165, 1.54) is 6.42 Å². The van der Waals surface area contributed by atoms with E-state index in [-0.39, 0.29) is 5.38 Å². The molecule has 0 spiro atoms. The molecule has 0 aromatic heterocycles. The van der Waals surface area contributed by atoms with Gasteiger partial charge < -0.3 is 10.1 Å². The molecule has 0 saturated carbocycles. The quantitative estimate of drug-likeness (QED) is 0.693. The van der Waals surface area contributed by atoms with Gasteiger partial charge in [0.05, 0.1) is 6.61 Å². The molecule has 1 aliphatic heterocycles. The van der Waals surface area contributed by atoms with Crippen LogP contribution in [0.25, 0.3) is 0 Å². The second-order valence-electron chi connectivity index (χ2n) is 4.61. The molecule has 0 amide bonds. The summed E-state index contributed by atoms with van der Waals surface area (Å²) in [5.41, 5.74) is 0. The Morgan fingerprint density at radius 3 is 2.86 bits per heavy atom. The Morgan fingerprint density at radius 1 is 1.50 bits per heavy atom. The maximum Gasteiger partial charge on any atom is 0.0507 e. The van der Waals surface area contributed by atoms with Gasteiger partial charge in [0, 0.05) is 25.1 Å². The molecule has 2 atom stereocenters. The van der Waals surface area contributed by atoms with E-state index in [0.717, 1.165) is 32.7 Å². The van der Waals surface area contributed by atoms with Crippen LogP contribution in [0.1, 0.15) is 26.7 Å². The van der Waals surface area contributed by atoms with Crippen LogP contribution in [-0.4, -0.2) is 31.7 Å². The van der Waals surface area contributed by atoms with Gasteiger partial charge in [0.2, 0.25) is 0 Å². The predicted octanol–water partition coefficient (Wildman–Crippen LogP) is 2.27. The van der Waals surface area contributed by atoms with Gasteiger partial charge in [0.25, 0.3) is 0 Å². The summed E-state index contributed by atoms with van der Waals surface area (Å²) in [6.07, 6.45) is 2.29. The lowest BCUT2D eigenvalue weighted by molar-refractivity contribution is 0.185. The van der Waals surface area contributed by atoms with Gasteiger partial charge in [-0.2, -0.15) is 0 Å². The van der Waals surface area contributed by atoms with E-state index in [4.69, 9.17) is 16.3 Å². The number of rotatable bonds is 6. The van der Waals surface area contributed by atoms with Gasteiger partial charge in [-0.05, 0) is 24.7 Å². The molecule has 1 saturated heterocycles. The highest BCUT2D eigenvalue weighted by atomic mass is 35.5. The van der Waals surface area contributed by atoms with Gasteiger partial charge in [-0.1, -0.05) is 13.8 Å². The molecule has 2 nitrogen and oxygen atoms in total. The molecular weight excluding hydrogens is 198 g/mol. The molecule has 1 rings (SSSR count). The molecule has 1 fully saturated rings. The molecule has 1 heterocycles. The van der Waals surface area contributed by atoms with Crippen LogP contribution in [0.15, 0.2) is 0 Å². The summed E-state index contributed by atoms with van der Waals surface area (Å²) in [7, 11) is 0. The third kappa shape index (κ3) is 5.18. The largest absolute Gasteiger partial charge is 0.381 e. The second kappa shape index (κ2) is 6.65. The van der Waals surface area contributed by atoms with Crippen molar-refractivity contribution in [1.82, 2.24) is 5.32 Å². The van der Waals surface area contributed by atoms with Gasteiger partial charge >= 0.3 is 0 Å². The minimum atomic E-state index is 0.275. The molecule has 0 bridgehead atoms. The zero-order chi connectivity index (χ0) is 10.4. The SMILES string of the molecule is CC(C)CC(Cl)CNCC1CCOC1. The summed E-state index contributed by atoms with van der Waals surface area (Å²) in [5.74, 6) is 1.40. The van der Waals surface area contributed by atoms with Crippen LogP contribution in [0, 0.1) is 11.8 Å². The Bertz CT molecular complexity index is 146. The van der Waals surface area contributed by atoms with Crippen molar-refractivity contribution in [2.75, 3.05) is 26.3 Å². The molecule has 1 N–H and O–H groups in total. The third-order valence-corrected chi connectivity index (χ3v) is 2.88. The lowest BCUT2D eigenvalue weighted by Gasteiger charge is -2.14. The third-order valence-electron chi connectivity index (χ3n) is 2.55. The lowest BCUT2D eigenvalue weighted by Crippen LogP contribution is -2.29. The summed E-state index contributed by atoms with van der Waals surface area (Å²) in [5, 5.41) is 3.70. The van der Waals surface area contributed by atoms with E-state index in [1.807, 2.05) is 0 Å². The normalized spacial score (nSPS) is 24.4. The molecule has 84 valence electrons. The minimum Gasteiger partial charge on any atom is -0.381 e. The Labute approximate surface area is 92.3 Å². The van der Waals surface area contributed by atoms with E-state index in [2.05, 4.69) is 19.2 Å². The first-order valence-corrected chi connectivity index (χ1v) is 6.04. The van der Waals surface area contributed by atoms with Gasteiger partial charge in [-0.15, -0.1) is 11.6 Å². The number of nitrogens with one attached hydrogen (secondary N) is 1. The van der Waals surface area contributed by atoms with E-state index in [9.17, 15) is 0 Å².